The number of aromatic hydroxyl groups is 1. The lowest BCUT2D eigenvalue weighted by molar-refractivity contribution is -0.132. The van der Waals surface area contributed by atoms with Crippen molar-refractivity contribution in [2.45, 2.75) is 6.92 Å². The molecule has 0 aliphatic heterocycles. The Bertz CT molecular complexity index is 649. The van der Waals surface area contributed by atoms with Crippen LogP contribution in [0.25, 0.3) is 11.3 Å². The summed E-state index contributed by atoms with van der Waals surface area (Å²) in [5.74, 6) is -2.00. The van der Waals surface area contributed by atoms with Gasteiger partial charge in [0.1, 0.15) is 0 Å². The Balaban J connectivity index is 2.52. The Hall–Kier alpha value is -3.03. The number of carbonyl (C=O) groups is 2. The van der Waals surface area contributed by atoms with Crippen molar-refractivity contribution in [1.82, 2.24) is 4.98 Å². The highest BCUT2D eigenvalue weighted by Gasteiger charge is 2.25. The van der Waals surface area contributed by atoms with Crippen LogP contribution in [0.4, 0.5) is 10.7 Å². The van der Waals surface area contributed by atoms with Gasteiger partial charge in [-0.15, -0.1) is 0 Å². The fraction of sp³-hybridized carbons (Fsp3) is 0.0833. The van der Waals surface area contributed by atoms with Crippen LogP contribution in [0.3, 0.4) is 0 Å². The molecule has 2 aromatic heterocycles. The fourth-order valence-electron chi connectivity index (χ4n) is 1.52. The maximum atomic E-state index is 11.0. The SMILES string of the molecule is CC(=O)Oc1c(NC(=O)O)oc(-c2ccncc2)c1O. The van der Waals surface area contributed by atoms with E-state index in [9.17, 15) is 14.7 Å². The number of pyridine rings is 1. The zero-order chi connectivity index (χ0) is 14.7. The summed E-state index contributed by atoms with van der Waals surface area (Å²) in [4.78, 5) is 25.5. The van der Waals surface area contributed by atoms with E-state index in [1.165, 1.54) is 12.4 Å². The lowest BCUT2D eigenvalue weighted by Gasteiger charge is -2.00. The predicted octanol–water partition coefficient (Wildman–Crippen LogP) is 2.06. The highest BCUT2D eigenvalue weighted by molar-refractivity contribution is 5.87. The highest BCUT2D eigenvalue weighted by atomic mass is 16.6. The van der Waals surface area contributed by atoms with Crippen LogP contribution in [-0.2, 0) is 4.79 Å². The number of carboxylic acid groups (broad SMARTS) is 1. The Morgan fingerprint density at radius 2 is 2.00 bits per heavy atom. The summed E-state index contributed by atoms with van der Waals surface area (Å²) in [7, 11) is 0. The van der Waals surface area contributed by atoms with Crippen LogP contribution < -0.4 is 10.1 Å². The van der Waals surface area contributed by atoms with Gasteiger partial charge in [-0.25, -0.2) is 4.79 Å². The number of nitrogens with zero attached hydrogens (tertiary/aromatic N) is 1. The summed E-state index contributed by atoms with van der Waals surface area (Å²) in [5.41, 5.74) is 0.448. The largest absolute Gasteiger partial charge is 0.502 e. The number of carbonyl (C=O) groups excluding carboxylic acids is 1. The highest BCUT2D eigenvalue weighted by Crippen LogP contribution is 2.46. The van der Waals surface area contributed by atoms with Crippen molar-refractivity contribution in [3.05, 3.63) is 24.5 Å². The molecule has 0 saturated heterocycles. The molecule has 0 spiro atoms. The summed E-state index contributed by atoms with van der Waals surface area (Å²) in [6, 6.07) is 3.08. The molecule has 0 saturated carbocycles. The number of ether oxygens (including phenoxy) is 1. The molecule has 0 fully saturated rings. The summed E-state index contributed by atoms with van der Waals surface area (Å²) < 4.78 is 9.95. The summed E-state index contributed by atoms with van der Waals surface area (Å²) in [6.45, 7) is 1.11. The molecular formula is C12H10N2O6. The van der Waals surface area contributed by atoms with Crippen LogP contribution in [0.2, 0.25) is 0 Å². The predicted molar refractivity (Wildman–Crippen MR) is 66.6 cm³/mol. The molecule has 3 N–H and O–H groups in total. The number of rotatable bonds is 3. The third kappa shape index (κ3) is 2.69. The molecule has 104 valence electrons. The summed E-state index contributed by atoms with van der Waals surface area (Å²) >= 11 is 0. The molecule has 20 heavy (non-hydrogen) atoms. The van der Waals surface area contributed by atoms with Crippen molar-refractivity contribution in [2.75, 3.05) is 5.32 Å². The van der Waals surface area contributed by atoms with Gasteiger partial charge >= 0.3 is 12.1 Å². The molecule has 0 aromatic carbocycles. The monoisotopic (exact) mass is 278 g/mol. The smallest absolute Gasteiger partial charge is 0.411 e. The van der Waals surface area contributed by atoms with Crippen LogP contribution in [0.15, 0.2) is 28.9 Å². The van der Waals surface area contributed by atoms with E-state index >= 15 is 0 Å². The van der Waals surface area contributed by atoms with Gasteiger partial charge in [0.05, 0.1) is 0 Å². The van der Waals surface area contributed by atoms with E-state index in [0.717, 1.165) is 6.92 Å². The standard InChI is InChI=1S/C12H10N2O6/c1-6(15)19-10-8(16)9(7-2-4-13-5-3-7)20-11(10)14-12(17)18/h2-5,14,16H,1H3,(H,17,18). The number of furan rings is 1. The second-order valence-corrected chi connectivity index (χ2v) is 3.70. The number of esters is 1. The number of nitrogens with one attached hydrogen (secondary N) is 1. The molecule has 2 rings (SSSR count). The van der Waals surface area contributed by atoms with Crippen LogP contribution >= 0.6 is 0 Å². The van der Waals surface area contributed by atoms with Gasteiger partial charge in [0, 0.05) is 24.9 Å². The molecular weight excluding hydrogens is 268 g/mol. The van der Waals surface area contributed by atoms with Crippen molar-refractivity contribution < 1.29 is 29.0 Å². The van der Waals surface area contributed by atoms with Gasteiger partial charge < -0.3 is 19.4 Å². The van der Waals surface area contributed by atoms with Gasteiger partial charge in [0.2, 0.25) is 11.5 Å². The molecule has 8 nitrogen and oxygen atoms in total. The first-order chi connectivity index (χ1) is 9.49. The number of anilines is 1. The Morgan fingerprint density at radius 3 is 2.55 bits per heavy atom. The molecule has 0 atom stereocenters. The van der Waals surface area contributed by atoms with E-state index in [0.29, 0.717) is 5.56 Å². The maximum absolute atomic E-state index is 11.0. The molecule has 0 bridgehead atoms. The van der Waals surface area contributed by atoms with Crippen LogP contribution in [0.1, 0.15) is 6.92 Å². The second-order valence-electron chi connectivity index (χ2n) is 3.70. The molecule has 0 radical (unpaired) electrons. The van der Waals surface area contributed by atoms with Gasteiger partial charge in [0.25, 0.3) is 5.88 Å². The average Bonchev–Trinajstić information content (AvgIpc) is 2.67. The molecule has 2 heterocycles. The molecule has 1 amide bonds. The number of hydrogen-bond donors (Lipinski definition) is 3. The van der Waals surface area contributed by atoms with E-state index in [4.69, 9.17) is 14.3 Å². The van der Waals surface area contributed by atoms with Gasteiger partial charge in [-0.1, -0.05) is 0 Å². The minimum atomic E-state index is -1.42. The lowest BCUT2D eigenvalue weighted by atomic mass is 10.2. The zero-order valence-electron chi connectivity index (χ0n) is 10.3. The lowest BCUT2D eigenvalue weighted by Crippen LogP contribution is -2.09. The molecule has 0 aliphatic carbocycles. The van der Waals surface area contributed by atoms with Gasteiger partial charge in [-0.3, -0.25) is 15.1 Å². The van der Waals surface area contributed by atoms with Crippen LogP contribution in [-0.4, -0.2) is 27.3 Å². The zero-order valence-corrected chi connectivity index (χ0v) is 10.3. The van der Waals surface area contributed by atoms with E-state index in [2.05, 4.69) is 4.98 Å². The van der Waals surface area contributed by atoms with Crippen molar-refractivity contribution in [1.29, 1.82) is 0 Å². The first-order valence-electron chi connectivity index (χ1n) is 5.43. The average molecular weight is 278 g/mol. The number of hydrogen-bond acceptors (Lipinski definition) is 6. The summed E-state index contributed by atoms with van der Waals surface area (Å²) in [5, 5.41) is 20.6. The number of aromatic nitrogens is 1. The van der Waals surface area contributed by atoms with E-state index < -0.39 is 17.8 Å². The first kappa shape index (κ1) is 13.4. The maximum Gasteiger partial charge on any atom is 0.411 e. The summed E-state index contributed by atoms with van der Waals surface area (Å²) in [6.07, 6.45) is 1.51. The topological polar surface area (TPSA) is 122 Å². The Labute approximate surface area is 112 Å². The van der Waals surface area contributed by atoms with Gasteiger partial charge in [0.15, 0.2) is 5.76 Å². The van der Waals surface area contributed by atoms with Crippen molar-refractivity contribution in [2.24, 2.45) is 0 Å². The third-order valence-electron chi connectivity index (χ3n) is 2.25. The van der Waals surface area contributed by atoms with Crippen molar-refractivity contribution in [3.8, 4) is 22.8 Å². The fourth-order valence-corrected chi connectivity index (χ4v) is 1.52. The number of amides is 1. The van der Waals surface area contributed by atoms with Crippen LogP contribution in [0, 0.1) is 0 Å². The van der Waals surface area contributed by atoms with Crippen molar-refractivity contribution in [3.63, 3.8) is 0 Å². The minimum Gasteiger partial charge on any atom is -0.502 e. The normalized spacial score (nSPS) is 10.1. The molecule has 8 heteroatoms. The van der Waals surface area contributed by atoms with Crippen LogP contribution in [0.5, 0.6) is 11.5 Å². The first-order valence-corrected chi connectivity index (χ1v) is 5.43. The van der Waals surface area contributed by atoms with Gasteiger partial charge in [-0.05, 0) is 12.1 Å². The Morgan fingerprint density at radius 1 is 1.35 bits per heavy atom. The second kappa shape index (κ2) is 5.31. The van der Waals surface area contributed by atoms with Gasteiger partial charge in [-0.2, -0.15) is 0 Å². The minimum absolute atomic E-state index is 0.0348. The molecule has 0 aliphatic rings. The van der Waals surface area contributed by atoms with E-state index in [1.807, 2.05) is 5.32 Å². The Kier molecular flexibility index (Phi) is 3.56. The van der Waals surface area contributed by atoms with E-state index in [1.54, 1.807) is 12.1 Å². The van der Waals surface area contributed by atoms with Crippen molar-refractivity contribution >= 4 is 17.9 Å². The van der Waals surface area contributed by atoms with E-state index in [-0.39, 0.29) is 17.4 Å². The third-order valence-corrected chi connectivity index (χ3v) is 2.25. The molecule has 2 aromatic rings. The quantitative estimate of drug-likeness (QED) is 0.734. The molecule has 0 unspecified atom stereocenters.